The van der Waals surface area contributed by atoms with Gasteiger partial charge < -0.3 is 15.6 Å². The predicted molar refractivity (Wildman–Crippen MR) is 75.5 cm³/mol. The van der Waals surface area contributed by atoms with Crippen molar-refractivity contribution in [1.82, 2.24) is 0 Å². The molecular weight excluding hydrogens is 226 g/mol. The third kappa shape index (κ3) is 5.25. The van der Waals surface area contributed by atoms with Crippen molar-refractivity contribution in [3.05, 3.63) is 0 Å². The first-order chi connectivity index (χ1) is 8.73. The van der Waals surface area contributed by atoms with Crippen LogP contribution in [0.15, 0.2) is 0 Å². The predicted octanol–water partition coefficient (Wildman–Crippen LogP) is 2.85. The number of unbranched alkanes of at least 4 members (excludes halogenated alkanes) is 4. The first kappa shape index (κ1) is 15.9. The van der Waals surface area contributed by atoms with Crippen molar-refractivity contribution < 1.29 is 9.84 Å². The lowest BCUT2D eigenvalue weighted by molar-refractivity contribution is -0.00450. The number of ether oxygens (including phenoxy) is 1. The van der Waals surface area contributed by atoms with E-state index in [-0.39, 0.29) is 0 Å². The smallest absolute Gasteiger partial charge is 0.0798 e. The van der Waals surface area contributed by atoms with E-state index in [0.717, 1.165) is 38.9 Å². The number of hydrogen-bond donors (Lipinski definition) is 2. The Morgan fingerprint density at radius 1 is 1.22 bits per heavy atom. The van der Waals surface area contributed by atoms with Gasteiger partial charge in [-0.1, -0.05) is 39.0 Å². The highest BCUT2D eigenvalue weighted by molar-refractivity contribution is 4.92. The molecule has 1 aliphatic rings. The number of hydrogen-bond acceptors (Lipinski definition) is 3. The van der Waals surface area contributed by atoms with Crippen LogP contribution in [0.5, 0.6) is 0 Å². The summed E-state index contributed by atoms with van der Waals surface area (Å²) in [5.74, 6) is 0.350. The van der Waals surface area contributed by atoms with Crippen LogP contribution in [-0.4, -0.2) is 30.5 Å². The van der Waals surface area contributed by atoms with Gasteiger partial charge in [-0.15, -0.1) is 0 Å². The van der Waals surface area contributed by atoms with Crippen molar-refractivity contribution in [1.29, 1.82) is 0 Å². The molecule has 0 spiro atoms. The normalized spacial score (nSPS) is 27.8. The topological polar surface area (TPSA) is 55.5 Å². The van der Waals surface area contributed by atoms with Gasteiger partial charge in [0, 0.05) is 19.8 Å². The molecule has 0 bridgehead atoms. The Morgan fingerprint density at radius 3 is 2.72 bits per heavy atom. The molecule has 0 aliphatic heterocycles. The molecule has 3 N–H and O–H groups in total. The minimum Gasteiger partial charge on any atom is -0.388 e. The molecule has 0 aromatic rings. The van der Waals surface area contributed by atoms with Gasteiger partial charge in [0.2, 0.25) is 0 Å². The van der Waals surface area contributed by atoms with Crippen LogP contribution >= 0.6 is 0 Å². The van der Waals surface area contributed by atoms with Crippen LogP contribution in [0.1, 0.15) is 64.7 Å². The molecule has 0 aromatic carbocycles. The summed E-state index contributed by atoms with van der Waals surface area (Å²) in [4.78, 5) is 0. The second kappa shape index (κ2) is 8.89. The molecule has 1 saturated carbocycles. The summed E-state index contributed by atoms with van der Waals surface area (Å²) < 4.78 is 5.66. The highest BCUT2D eigenvalue weighted by Crippen LogP contribution is 2.37. The van der Waals surface area contributed by atoms with Gasteiger partial charge >= 0.3 is 0 Å². The summed E-state index contributed by atoms with van der Waals surface area (Å²) in [6, 6.07) is 0. The van der Waals surface area contributed by atoms with Crippen LogP contribution in [0.2, 0.25) is 0 Å². The Hall–Kier alpha value is -0.120. The summed E-state index contributed by atoms with van der Waals surface area (Å²) in [6.07, 6.45) is 10.5. The minimum absolute atomic E-state index is 0.350. The zero-order chi connectivity index (χ0) is 13.3. The molecule has 18 heavy (non-hydrogen) atoms. The van der Waals surface area contributed by atoms with E-state index >= 15 is 0 Å². The van der Waals surface area contributed by atoms with Gasteiger partial charge in [-0.25, -0.2) is 0 Å². The molecule has 0 radical (unpaired) electrons. The van der Waals surface area contributed by atoms with E-state index in [2.05, 4.69) is 6.92 Å². The van der Waals surface area contributed by atoms with Crippen LogP contribution in [-0.2, 0) is 4.74 Å². The van der Waals surface area contributed by atoms with E-state index in [4.69, 9.17) is 10.5 Å². The first-order valence-corrected chi connectivity index (χ1v) is 7.73. The fourth-order valence-electron chi connectivity index (χ4n) is 2.94. The fourth-order valence-corrected chi connectivity index (χ4v) is 2.94. The average molecular weight is 257 g/mol. The maximum absolute atomic E-state index is 10.3. The number of aliphatic hydroxyl groups is 1. The van der Waals surface area contributed by atoms with Crippen LogP contribution in [0.25, 0.3) is 0 Å². The monoisotopic (exact) mass is 257 g/mol. The zero-order valence-corrected chi connectivity index (χ0v) is 12.0. The lowest BCUT2D eigenvalue weighted by atomic mass is 9.88. The second-order valence-electron chi connectivity index (χ2n) is 5.71. The van der Waals surface area contributed by atoms with E-state index < -0.39 is 5.60 Å². The highest BCUT2D eigenvalue weighted by atomic mass is 16.5. The third-order valence-electron chi connectivity index (χ3n) is 4.28. The Morgan fingerprint density at radius 2 is 2.00 bits per heavy atom. The van der Waals surface area contributed by atoms with Gasteiger partial charge in [0.1, 0.15) is 0 Å². The molecular formula is C15H31NO2. The molecule has 0 heterocycles. The maximum atomic E-state index is 10.3. The van der Waals surface area contributed by atoms with Crippen LogP contribution in [0, 0.1) is 5.92 Å². The third-order valence-corrected chi connectivity index (χ3v) is 4.28. The van der Waals surface area contributed by atoms with Crippen molar-refractivity contribution in [2.75, 3.05) is 19.8 Å². The Balaban J connectivity index is 1.97. The van der Waals surface area contributed by atoms with E-state index in [1.165, 1.54) is 32.1 Å². The van der Waals surface area contributed by atoms with Gasteiger partial charge in [-0.05, 0) is 31.6 Å². The summed E-state index contributed by atoms with van der Waals surface area (Å²) in [5.41, 5.74) is 5.06. The molecule has 1 rings (SSSR count). The second-order valence-corrected chi connectivity index (χ2v) is 5.71. The molecule has 0 amide bonds. The molecule has 108 valence electrons. The standard InChI is InChI=1S/C15H31NO2/c1-2-3-4-5-6-11-18-12-9-14-8-7-10-15(14,17)13-16/h14,17H,2-13,16H2,1H3. The van der Waals surface area contributed by atoms with E-state index in [1.807, 2.05) is 0 Å². The minimum atomic E-state index is -0.607. The quantitative estimate of drug-likeness (QED) is 0.592. The Labute approximate surface area is 112 Å². The number of rotatable bonds is 10. The lowest BCUT2D eigenvalue weighted by Gasteiger charge is -2.28. The molecule has 1 aliphatic carbocycles. The summed E-state index contributed by atoms with van der Waals surface area (Å²) in [5, 5.41) is 10.3. The molecule has 3 heteroatoms. The van der Waals surface area contributed by atoms with Crippen molar-refractivity contribution in [3.63, 3.8) is 0 Å². The largest absolute Gasteiger partial charge is 0.388 e. The molecule has 1 fully saturated rings. The van der Waals surface area contributed by atoms with Gasteiger partial charge in [0.15, 0.2) is 0 Å². The summed E-state index contributed by atoms with van der Waals surface area (Å²) >= 11 is 0. The zero-order valence-electron chi connectivity index (χ0n) is 12.0. The van der Waals surface area contributed by atoms with Crippen LogP contribution < -0.4 is 5.73 Å². The molecule has 2 unspecified atom stereocenters. The lowest BCUT2D eigenvalue weighted by Crippen LogP contribution is -2.41. The van der Waals surface area contributed by atoms with Crippen LogP contribution in [0.3, 0.4) is 0 Å². The number of nitrogens with two attached hydrogens (primary N) is 1. The van der Waals surface area contributed by atoms with Gasteiger partial charge in [-0.2, -0.15) is 0 Å². The summed E-state index contributed by atoms with van der Waals surface area (Å²) in [7, 11) is 0. The molecule has 0 saturated heterocycles. The van der Waals surface area contributed by atoms with Crippen molar-refractivity contribution in [2.45, 2.75) is 70.3 Å². The van der Waals surface area contributed by atoms with Crippen LogP contribution in [0.4, 0.5) is 0 Å². The first-order valence-electron chi connectivity index (χ1n) is 7.73. The van der Waals surface area contributed by atoms with E-state index in [1.54, 1.807) is 0 Å². The van der Waals surface area contributed by atoms with E-state index in [0.29, 0.717) is 12.5 Å². The van der Waals surface area contributed by atoms with Crippen molar-refractivity contribution in [2.24, 2.45) is 11.7 Å². The molecule has 2 atom stereocenters. The molecule has 3 nitrogen and oxygen atoms in total. The van der Waals surface area contributed by atoms with Gasteiger partial charge in [-0.3, -0.25) is 0 Å². The van der Waals surface area contributed by atoms with Gasteiger partial charge in [0.25, 0.3) is 0 Å². The fraction of sp³-hybridized carbons (Fsp3) is 1.00. The Bertz CT molecular complexity index is 211. The maximum Gasteiger partial charge on any atom is 0.0798 e. The average Bonchev–Trinajstić information content (AvgIpc) is 2.75. The van der Waals surface area contributed by atoms with E-state index in [9.17, 15) is 5.11 Å². The molecule has 0 aromatic heterocycles. The van der Waals surface area contributed by atoms with Crippen molar-refractivity contribution in [3.8, 4) is 0 Å². The highest BCUT2D eigenvalue weighted by Gasteiger charge is 2.39. The van der Waals surface area contributed by atoms with Gasteiger partial charge in [0.05, 0.1) is 5.60 Å². The van der Waals surface area contributed by atoms with Crippen molar-refractivity contribution >= 4 is 0 Å². The SMILES string of the molecule is CCCCCCCOCCC1CCCC1(O)CN. The summed E-state index contributed by atoms with van der Waals surface area (Å²) in [6.45, 7) is 4.28. The Kier molecular flexibility index (Phi) is 7.87.